The minimum Gasteiger partial charge on any atom is -0.352 e. The van der Waals surface area contributed by atoms with Crippen LogP contribution in [0.3, 0.4) is 0 Å². The summed E-state index contributed by atoms with van der Waals surface area (Å²) in [4.78, 5) is 24.6. The van der Waals surface area contributed by atoms with Gasteiger partial charge in [0.2, 0.25) is 0 Å². The fraction of sp³-hybridized carbons (Fsp3) is 0.125. The van der Waals surface area contributed by atoms with Crippen LogP contribution in [-0.4, -0.2) is 18.4 Å². The minimum absolute atomic E-state index is 0.160. The summed E-state index contributed by atoms with van der Waals surface area (Å²) in [6, 6.07) is 25.4. The molecule has 0 unspecified atom stereocenters. The molecule has 2 N–H and O–H groups in total. The number of carbonyl (C=O) groups is 2. The van der Waals surface area contributed by atoms with Gasteiger partial charge in [-0.25, -0.2) is 0 Å². The van der Waals surface area contributed by atoms with Crippen LogP contribution in [0.15, 0.2) is 78.9 Å². The second-order valence-electron chi connectivity index (χ2n) is 6.57. The summed E-state index contributed by atoms with van der Waals surface area (Å²) in [6.45, 7) is 0.588. The van der Waals surface area contributed by atoms with E-state index in [0.717, 1.165) is 12.8 Å². The molecule has 0 aromatic heterocycles. The highest BCUT2D eigenvalue weighted by atomic mass is 16.2. The number of nitrogens with zero attached hydrogens (tertiary/aromatic N) is 1. The topological polar surface area (TPSA) is 82.0 Å². The fourth-order valence-corrected chi connectivity index (χ4v) is 2.88. The Morgan fingerprint density at radius 3 is 2.21 bits per heavy atom. The van der Waals surface area contributed by atoms with Gasteiger partial charge in [-0.15, -0.1) is 0 Å². The van der Waals surface area contributed by atoms with Crippen LogP contribution in [-0.2, 0) is 6.42 Å². The number of amides is 2. The summed E-state index contributed by atoms with van der Waals surface area (Å²) in [5.74, 6) is -0.457. The quantitative estimate of drug-likeness (QED) is 0.601. The molecule has 0 aliphatic carbocycles. The molecule has 0 aliphatic heterocycles. The summed E-state index contributed by atoms with van der Waals surface area (Å²) < 4.78 is 0. The van der Waals surface area contributed by atoms with E-state index >= 15 is 0 Å². The number of anilines is 1. The summed E-state index contributed by atoms with van der Waals surface area (Å²) in [5, 5.41) is 14.6. The van der Waals surface area contributed by atoms with Gasteiger partial charge in [-0.1, -0.05) is 36.4 Å². The van der Waals surface area contributed by atoms with E-state index in [0.29, 0.717) is 28.9 Å². The van der Waals surface area contributed by atoms with E-state index in [9.17, 15) is 9.59 Å². The van der Waals surface area contributed by atoms with Crippen LogP contribution in [0.4, 0.5) is 5.69 Å². The number of hydrogen-bond acceptors (Lipinski definition) is 3. The van der Waals surface area contributed by atoms with E-state index < -0.39 is 0 Å². The van der Waals surface area contributed by atoms with Gasteiger partial charge < -0.3 is 10.6 Å². The number of nitriles is 1. The van der Waals surface area contributed by atoms with Gasteiger partial charge in [-0.2, -0.15) is 5.26 Å². The molecule has 29 heavy (non-hydrogen) atoms. The van der Waals surface area contributed by atoms with Crippen molar-refractivity contribution in [1.82, 2.24) is 5.32 Å². The molecule has 0 atom stereocenters. The predicted octanol–water partition coefficient (Wildman–Crippen LogP) is 4.17. The molecular formula is C24H21N3O2. The largest absolute Gasteiger partial charge is 0.352 e. The lowest BCUT2D eigenvalue weighted by atomic mass is 10.1. The van der Waals surface area contributed by atoms with Crippen molar-refractivity contribution in [3.63, 3.8) is 0 Å². The van der Waals surface area contributed by atoms with Crippen molar-refractivity contribution >= 4 is 17.5 Å². The van der Waals surface area contributed by atoms with Gasteiger partial charge in [-0.05, 0) is 60.9 Å². The Morgan fingerprint density at radius 2 is 1.52 bits per heavy atom. The molecule has 5 heteroatoms. The van der Waals surface area contributed by atoms with Gasteiger partial charge in [0.15, 0.2) is 0 Å². The Balaban J connectivity index is 1.50. The molecule has 0 spiro atoms. The molecule has 144 valence electrons. The average molecular weight is 383 g/mol. The number of hydrogen-bond donors (Lipinski definition) is 2. The number of benzene rings is 3. The zero-order chi connectivity index (χ0) is 20.5. The maximum atomic E-state index is 12.3. The first kappa shape index (κ1) is 19.8. The lowest BCUT2D eigenvalue weighted by molar-refractivity contribution is 0.0951. The van der Waals surface area contributed by atoms with Crippen molar-refractivity contribution < 1.29 is 9.59 Å². The Morgan fingerprint density at radius 1 is 0.828 bits per heavy atom. The second kappa shape index (κ2) is 9.86. The summed E-state index contributed by atoms with van der Waals surface area (Å²) in [7, 11) is 0. The van der Waals surface area contributed by atoms with Crippen LogP contribution in [0.2, 0.25) is 0 Å². The van der Waals surface area contributed by atoms with Crippen molar-refractivity contribution in [1.29, 1.82) is 5.26 Å². The monoisotopic (exact) mass is 383 g/mol. The van der Waals surface area contributed by atoms with E-state index in [1.54, 1.807) is 48.5 Å². The fourth-order valence-electron chi connectivity index (χ4n) is 2.88. The molecule has 0 saturated carbocycles. The molecule has 3 aromatic rings. The number of aryl methyl sites for hydroxylation is 1. The molecule has 3 rings (SSSR count). The van der Waals surface area contributed by atoms with Crippen molar-refractivity contribution in [2.24, 2.45) is 0 Å². The Hall–Kier alpha value is -3.91. The number of carbonyl (C=O) groups excluding carboxylic acids is 2. The van der Waals surface area contributed by atoms with E-state index in [4.69, 9.17) is 5.26 Å². The SMILES string of the molecule is N#Cc1cccc(NC(=O)c2ccc(C(=O)NCCCc3ccccc3)cc2)c1. The molecule has 2 amide bonds. The predicted molar refractivity (Wildman–Crippen MR) is 113 cm³/mol. The maximum Gasteiger partial charge on any atom is 0.255 e. The molecule has 0 bridgehead atoms. The standard InChI is InChI=1S/C24H21N3O2/c25-17-19-8-4-10-22(16-19)27-24(29)21-13-11-20(12-14-21)23(28)26-15-5-9-18-6-2-1-3-7-18/h1-4,6-8,10-14,16H,5,9,15H2,(H,26,28)(H,27,29). The summed E-state index contributed by atoms with van der Waals surface area (Å²) >= 11 is 0. The van der Waals surface area contributed by atoms with Crippen LogP contribution in [0.5, 0.6) is 0 Å². The van der Waals surface area contributed by atoms with Gasteiger partial charge in [0.1, 0.15) is 0 Å². The zero-order valence-electron chi connectivity index (χ0n) is 15.9. The van der Waals surface area contributed by atoms with Crippen molar-refractivity contribution in [2.45, 2.75) is 12.8 Å². The van der Waals surface area contributed by atoms with E-state index in [1.807, 2.05) is 24.3 Å². The maximum absolute atomic E-state index is 12.3. The first-order chi connectivity index (χ1) is 14.2. The van der Waals surface area contributed by atoms with Crippen LogP contribution in [0, 0.1) is 11.3 Å². The molecule has 0 heterocycles. The molecule has 0 radical (unpaired) electrons. The Bertz CT molecular complexity index is 1020. The highest BCUT2D eigenvalue weighted by molar-refractivity contribution is 6.05. The smallest absolute Gasteiger partial charge is 0.255 e. The highest BCUT2D eigenvalue weighted by Crippen LogP contribution is 2.12. The third-order valence-corrected chi connectivity index (χ3v) is 4.43. The molecule has 0 aliphatic rings. The van der Waals surface area contributed by atoms with Gasteiger partial charge in [0, 0.05) is 23.4 Å². The number of rotatable bonds is 7. The van der Waals surface area contributed by atoms with E-state index in [2.05, 4.69) is 22.8 Å². The lowest BCUT2D eigenvalue weighted by Crippen LogP contribution is -2.24. The molecule has 0 fully saturated rings. The zero-order valence-corrected chi connectivity index (χ0v) is 15.9. The summed E-state index contributed by atoms with van der Waals surface area (Å²) in [5.41, 5.74) is 3.22. The van der Waals surface area contributed by atoms with Gasteiger partial charge in [0.25, 0.3) is 11.8 Å². The molecule has 3 aromatic carbocycles. The third kappa shape index (κ3) is 5.78. The summed E-state index contributed by atoms with van der Waals surface area (Å²) in [6.07, 6.45) is 1.77. The van der Waals surface area contributed by atoms with Gasteiger partial charge in [0.05, 0.1) is 11.6 Å². The molecule has 5 nitrogen and oxygen atoms in total. The van der Waals surface area contributed by atoms with Crippen molar-refractivity contribution in [3.05, 3.63) is 101 Å². The van der Waals surface area contributed by atoms with Crippen molar-refractivity contribution in [3.8, 4) is 6.07 Å². The Kier molecular flexibility index (Phi) is 6.75. The van der Waals surface area contributed by atoms with Gasteiger partial charge >= 0.3 is 0 Å². The van der Waals surface area contributed by atoms with E-state index in [-0.39, 0.29) is 11.8 Å². The van der Waals surface area contributed by atoms with Crippen molar-refractivity contribution in [2.75, 3.05) is 11.9 Å². The van der Waals surface area contributed by atoms with E-state index in [1.165, 1.54) is 5.56 Å². The van der Waals surface area contributed by atoms with Crippen LogP contribution < -0.4 is 10.6 Å². The average Bonchev–Trinajstić information content (AvgIpc) is 2.77. The molecular weight excluding hydrogens is 362 g/mol. The highest BCUT2D eigenvalue weighted by Gasteiger charge is 2.09. The Labute approximate surface area is 170 Å². The second-order valence-corrected chi connectivity index (χ2v) is 6.57. The molecule has 0 saturated heterocycles. The first-order valence-corrected chi connectivity index (χ1v) is 9.39. The lowest BCUT2D eigenvalue weighted by Gasteiger charge is -2.08. The van der Waals surface area contributed by atoms with Crippen LogP contribution >= 0.6 is 0 Å². The first-order valence-electron chi connectivity index (χ1n) is 9.39. The van der Waals surface area contributed by atoms with Crippen LogP contribution in [0.1, 0.15) is 38.3 Å². The van der Waals surface area contributed by atoms with Gasteiger partial charge in [-0.3, -0.25) is 9.59 Å². The third-order valence-electron chi connectivity index (χ3n) is 4.43. The van der Waals surface area contributed by atoms with Crippen LogP contribution in [0.25, 0.3) is 0 Å². The minimum atomic E-state index is -0.296. The normalized spacial score (nSPS) is 10.0. The number of nitrogens with one attached hydrogen (secondary N) is 2.